The van der Waals surface area contributed by atoms with Gasteiger partial charge in [-0.2, -0.15) is 0 Å². The van der Waals surface area contributed by atoms with Crippen molar-refractivity contribution in [1.82, 2.24) is 38.2 Å². The summed E-state index contributed by atoms with van der Waals surface area (Å²) in [5.41, 5.74) is 22.3. The van der Waals surface area contributed by atoms with E-state index in [0.29, 0.717) is 11.5 Å². The number of hydrogen-bond donors (Lipinski definition) is 0. The number of para-hydroxylation sites is 6. The SMILES string of the molecule is c1ccc2c(c1)ccc1c2c2ccc(-c3ccc4nc(-n5c6ccc(-n7c8ccccc8c8ccc9ccccc9c87)cc6c6c7ccccc7ccc65)c(-c5cccc6c5oc5ccccc56)nc4c3)cc2n1-c1ccc2c(c1)c1c3ccccc3ccc1n2-c1nc2ccccc2nc1-c1ccc2c(c1)oc1ccccc12. The molecule has 0 aliphatic rings. The minimum atomic E-state index is 0.701. The van der Waals surface area contributed by atoms with E-state index in [0.717, 1.165) is 198 Å². The Bertz CT molecular complexity index is 8790. The van der Waals surface area contributed by atoms with Gasteiger partial charge in [-0.25, -0.2) is 19.9 Å². The summed E-state index contributed by atoms with van der Waals surface area (Å²) in [6, 6.07) is 127. The molecule has 10 heteroatoms. The fraction of sp³-hybridized carbons (Fsp3) is 0. The third kappa shape index (κ3) is 8.62. The maximum atomic E-state index is 6.99. The van der Waals surface area contributed by atoms with Crippen molar-refractivity contribution in [3.05, 3.63) is 352 Å². The van der Waals surface area contributed by atoms with Crippen LogP contribution in [0.1, 0.15) is 0 Å². The molecule has 0 bridgehead atoms. The van der Waals surface area contributed by atoms with Crippen molar-refractivity contribution in [1.29, 1.82) is 0 Å². The molecule has 0 radical (unpaired) electrons. The van der Waals surface area contributed by atoms with Gasteiger partial charge in [-0.3, -0.25) is 9.13 Å². The highest BCUT2D eigenvalue weighted by molar-refractivity contribution is 6.26. The Morgan fingerprint density at radius 1 is 0.211 bits per heavy atom. The van der Waals surface area contributed by atoms with Crippen LogP contribution in [0, 0.1) is 0 Å². The number of nitrogens with zero attached hydrogens (tertiary/aromatic N) is 8. The number of fused-ring (bicyclic) bond motifs is 28. The van der Waals surface area contributed by atoms with Crippen LogP contribution in [-0.2, 0) is 0 Å². The fourth-order valence-corrected chi connectivity index (χ4v) is 19.2. The second-order valence-electron chi connectivity index (χ2n) is 30.3. The summed E-state index contributed by atoms with van der Waals surface area (Å²) in [5.74, 6) is 1.43. The van der Waals surface area contributed by atoms with Crippen LogP contribution < -0.4 is 0 Å². The average Bonchev–Trinajstić information content (AvgIpc) is 1.49. The Labute approximate surface area is 647 Å². The quantitative estimate of drug-likeness (QED) is 0.158. The maximum absolute atomic E-state index is 6.99. The van der Waals surface area contributed by atoms with Crippen molar-refractivity contribution in [3.63, 3.8) is 0 Å². The smallest absolute Gasteiger partial charge is 0.165 e. The second kappa shape index (κ2) is 23.0. The normalized spacial score (nSPS) is 12.4. The van der Waals surface area contributed by atoms with Crippen molar-refractivity contribution < 1.29 is 8.83 Å². The number of aromatic nitrogens is 8. The van der Waals surface area contributed by atoms with E-state index in [-0.39, 0.29) is 0 Å². The predicted molar refractivity (Wildman–Crippen MR) is 471 cm³/mol. The highest BCUT2D eigenvalue weighted by Crippen LogP contribution is 2.48. The van der Waals surface area contributed by atoms with Gasteiger partial charge in [-0.05, 0) is 170 Å². The van der Waals surface area contributed by atoms with Gasteiger partial charge in [0.1, 0.15) is 33.7 Å². The number of furan rings is 2. The van der Waals surface area contributed by atoms with Gasteiger partial charge in [0, 0.05) is 92.5 Å². The van der Waals surface area contributed by atoms with Crippen LogP contribution in [-0.4, -0.2) is 38.2 Å². The monoisotopic (exact) mass is 1450 g/mol. The van der Waals surface area contributed by atoms with E-state index in [1.807, 2.05) is 36.4 Å². The summed E-state index contributed by atoms with van der Waals surface area (Å²) in [5, 5.41) is 22.8. The van der Waals surface area contributed by atoms with Crippen molar-refractivity contribution in [3.8, 4) is 56.7 Å². The summed E-state index contributed by atoms with van der Waals surface area (Å²) in [6.07, 6.45) is 0. The summed E-state index contributed by atoms with van der Waals surface area (Å²) in [7, 11) is 0. The van der Waals surface area contributed by atoms with E-state index in [4.69, 9.17) is 28.8 Å². The molecule has 8 aromatic heterocycles. The Hall–Kier alpha value is -15.5. The lowest BCUT2D eigenvalue weighted by Gasteiger charge is -2.15. The zero-order valence-electron chi connectivity index (χ0n) is 60.9. The molecule has 0 atom stereocenters. The van der Waals surface area contributed by atoms with Crippen molar-refractivity contribution in [2.75, 3.05) is 0 Å². The van der Waals surface area contributed by atoms with Gasteiger partial charge >= 0.3 is 0 Å². The van der Waals surface area contributed by atoms with Crippen LogP contribution in [0.2, 0.25) is 0 Å². The van der Waals surface area contributed by atoms with Crippen LogP contribution in [0.5, 0.6) is 0 Å². The van der Waals surface area contributed by atoms with Gasteiger partial charge in [0.15, 0.2) is 11.6 Å². The summed E-state index contributed by atoms with van der Waals surface area (Å²) >= 11 is 0. The predicted octanol–water partition coefficient (Wildman–Crippen LogP) is 27.4. The molecule has 0 saturated heterocycles. The molecule has 0 aliphatic heterocycles. The number of benzene rings is 18. The van der Waals surface area contributed by atoms with Gasteiger partial charge in [0.2, 0.25) is 0 Å². The van der Waals surface area contributed by atoms with E-state index < -0.39 is 0 Å². The van der Waals surface area contributed by atoms with E-state index in [1.54, 1.807) is 0 Å². The van der Waals surface area contributed by atoms with Crippen LogP contribution in [0.3, 0.4) is 0 Å². The van der Waals surface area contributed by atoms with Gasteiger partial charge < -0.3 is 18.0 Å². The van der Waals surface area contributed by atoms with E-state index >= 15 is 0 Å². The minimum Gasteiger partial charge on any atom is -0.456 e. The highest BCUT2D eigenvalue weighted by atomic mass is 16.3. The molecule has 0 aliphatic carbocycles. The molecule has 8 heterocycles. The molecule has 526 valence electrons. The zero-order valence-corrected chi connectivity index (χ0v) is 60.9. The van der Waals surface area contributed by atoms with Crippen molar-refractivity contribution in [2.24, 2.45) is 0 Å². The third-order valence-corrected chi connectivity index (χ3v) is 24.3. The minimum absolute atomic E-state index is 0.701. The highest BCUT2D eigenvalue weighted by Gasteiger charge is 2.28. The molecule has 10 nitrogen and oxygen atoms in total. The lowest BCUT2D eigenvalue weighted by Crippen LogP contribution is -2.04. The van der Waals surface area contributed by atoms with Crippen molar-refractivity contribution in [2.45, 2.75) is 0 Å². The molecule has 0 N–H and O–H groups in total. The molecule has 0 spiro atoms. The maximum Gasteiger partial charge on any atom is 0.165 e. The van der Waals surface area contributed by atoms with Gasteiger partial charge in [0.25, 0.3) is 0 Å². The number of hydrogen-bond acceptors (Lipinski definition) is 6. The summed E-state index contributed by atoms with van der Waals surface area (Å²) in [6.45, 7) is 0. The van der Waals surface area contributed by atoms with E-state index in [9.17, 15) is 0 Å². The summed E-state index contributed by atoms with van der Waals surface area (Å²) < 4.78 is 23.2. The Kier molecular flexibility index (Phi) is 12.4. The topological polar surface area (TPSA) is 97.6 Å². The zero-order chi connectivity index (χ0) is 74.1. The van der Waals surface area contributed by atoms with Crippen LogP contribution >= 0.6 is 0 Å². The van der Waals surface area contributed by atoms with Gasteiger partial charge in [-0.15, -0.1) is 0 Å². The second-order valence-corrected chi connectivity index (χ2v) is 30.3. The van der Waals surface area contributed by atoms with Gasteiger partial charge in [-0.1, -0.05) is 231 Å². The summed E-state index contributed by atoms with van der Waals surface area (Å²) in [4.78, 5) is 22.9. The molecule has 114 heavy (non-hydrogen) atoms. The molecule has 18 aromatic carbocycles. The van der Waals surface area contributed by atoms with Gasteiger partial charge in [0.05, 0.1) is 66.2 Å². The van der Waals surface area contributed by atoms with Crippen LogP contribution in [0.25, 0.3) is 253 Å². The lowest BCUT2D eigenvalue weighted by molar-refractivity contribution is 0.669. The van der Waals surface area contributed by atoms with Crippen LogP contribution in [0.15, 0.2) is 361 Å². The molecule has 0 fully saturated rings. The Morgan fingerprint density at radius 3 is 1.34 bits per heavy atom. The molecule has 0 saturated carbocycles. The van der Waals surface area contributed by atoms with E-state index in [2.05, 4.69) is 334 Å². The first-order valence-corrected chi connectivity index (χ1v) is 38.7. The fourth-order valence-electron chi connectivity index (χ4n) is 19.2. The molecular formula is C104H58N8O2. The average molecular weight is 1450 g/mol. The largest absolute Gasteiger partial charge is 0.456 e. The lowest BCUT2D eigenvalue weighted by atomic mass is 10.0. The molecule has 0 unspecified atom stereocenters. The Balaban J connectivity index is 0.687. The van der Waals surface area contributed by atoms with Crippen LogP contribution in [0.4, 0.5) is 0 Å². The molecule has 26 rings (SSSR count). The first-order valence-electron chi connectivity index (χ1n) is 38.7. The van der Waals surface area contributed by atoms with E-state index in [1.165, 1.54) is 43.2 Å². The molecule has 26 aromatic rings. The Morgan fingerprint density at radius 2 is 0.658 bits per heavy atom. The molecular weight excluding hydrogens is 1390 g/mol. The van der Waals surface area contributed by atoms with Crippen molar-refractivity contribution >= 4 is 196 Å². The first kappa shape index (κ1) is 61.4. The molecule has 0 amide bonds. The first-order chi connectivity index (χ1) is 56.5. The number of rotatable bonds is 7. The standard InChI is InChI=1S/C104H58N8O2/c1-5-22-68-59(18-1)40-49-89-96(68)78-47-37-64(55-92(78)109(89)66-43-52-87-80(57-66)97-69-23-6-2-19-60(69)41-50-90(97)111(87)103-99(105-82-31-12-13-32-83(82)107-103)65-38-45-75-73-27-10-15-34-93(73)113-95(75)56-65)63-39-48-84-85(54-63)106-100(79-30-17-29-77-74-28-11-16-35-94(74)114-102(77)79)104(108-84)112-88-53-44-67(58-81(88)98-70-24-7-3-20-61(70)42-51-91(98)112)110-86-33-14-9-26-72(86)76-46-36-62-21-4-8-25-71(62)101(76)110/h1-58H. The third-order valence-electron chi connectivity index (χ3n) is 24.3.